The number of anilines is 1. The van der Waals surface area contributed by atoms with Gasteiger partial charge in [-0.1, -0.05) is 30.3 Å². The van der Waals surface area contributed by atoms with Crippen LogP contribution in [0, 0.1) is 13.8 Å². The van der Waals surface area contributed by atoms with Crippen LogP contribution in [0.3, 0.4) is 0 Å². The van der Waals surface area contributed by atoms with Gasteiger partial charge in [0.1, 0.15) is 0 Å². The highest BCUT2D eigenvalue weighted by molar-refractivity contribution is 7.92. The first kappa shape index (κ1) is 25.2. The quantitative estimate of drug-likeness (QED) is 0.574. The van der Waals surface area contributed by atoms with Crippen LogP contribution < -0.4 is 9.62 Å². The van der Waals surface area contributed by atoms with Gasteiger partial charge in [-0.05, 0) is 54.7 Å². The Balaban J connectivity index is 1.49. The van der Waals surface area contributed by atoms with Crippen LogP contribution >= 0.6 is 0 Å². The minimum absolute atomic E-state index is 0.0811. The second-order valence-electron chi connectivity index (χ2n) is 8.77. The molecule has 3 rings (SSSR count). The molecule has 1 fully saturated rings. The first-order valence-corrected chi connectivity index (χ1v) is 13.3. The van der Waals surface area contributed by atoms with E-state index in [1.165, 1.54) is 16.1 Å². The molecule has 1 aliphatic heterocycles. The zero-order chi connectivity index (χ0) is 23.8. The highest BCUT2D eigenvalue weighted by Crippen LogP contribution is 2.22. The molecule has 0 spiro atoms. The molecular weight excluding hydrogens is 438 g/mol. The fraction of sp³-hybridized carbons (Fsp3) is 0.480. The van der Waals surface area contributed by atoms with Gasteiger partial charge in [-0.2, -0.15) is 0 Å². The molecule has 0 bridgehead atoms. The molecule has 0 radical (unpaired) electrons. The highest BCUT2D eigenvalue weighted by Gasteiger charge is 2.18. The van der Waals surface area contributed by atoms with Crippen LogP contribution in [0.5, 0.6) is 0 Å². The van der Waals surface area contributed by atoms with Crippen LogP contribution in [0.4, 0.5) is 5.69 Å². The van der Waals surface area contributed by atoms with Crippen molar-refractivity contribution in [3.8, 4) is 0 Å². The molecule has 0 aliphatic carbocycles. The van der Waals surface area contributed by atoms with Crippen LogP contribution in [-0.2, 0) is 32.6 Å². The monoisotopic (exact) mass is 473 g/mol. The number of rotatable bonds is 10. The standard InChI is InChI=1S/C25H35N3O4S/c1-20-14-21(2)16-24(15-20)28(33(3,30)31)9-5-8-25(29)26-18-22-6-4-7-23(17-22)19-27-10-12-32-13-11-27/h4,6-7,14-17H,5,8-13,18-19H2,1-3H3,(H,26,29). The predicted molar refractivity (Wildman–Crippen MR) is 132 cm³/mol. The van der Waals surface area contributed by atoms with Gasteiger partial charge in [-0.15, -0.1) is 0 Å². The summed E-state index contributed by atoms with van der Waals surface area (Å²) >= 11 is 0. The van der Waals surface area contributed by atoms with Crippen molar-refractivity contribution in [2.75, 3.05) is 43.4 Å². The molecule has 180 valence electrons. The first-order valence-electron chi connectivity index (χ1n) is 11.4. The van der Waals surface area contributed by atoms with Crippen LogP contribution in [0.2, 0.25) is 0 Å². The first-order chi connectivity index (χ1) is 15.7. The fourth-order valence-electron chi connectivity index (χ4n) is 4.11. The van der Waals surface area contributed by atoms with E-state index in [0.717, 1.165) is 49.5 Å². The lowest BCUT2D eigenvalue weighted by molar-refractivity contribution is -0.121. The maximum Gasteiger partial charge on any atom is 0.232 e. The predicted octanol–water partition coefficient (Wildman–Crippen LogP) is 3.00. The number of amides is 1. The molecule has 8 heteroatoms. The van der Waals surface area contributed by atoms with Gasteiger partial charge in [-0.3, -0.25) is 14.0 Å². The molecule has 2 aromatic rings. The minimum Gasteiger partial charge on any atom is -0.379 e. The van der Waals surface area contributed by atoms with Crippen molar-refractivity contribution >= 4 is 21.6 Å². The summed E-state index contributed by atoms with van der Waals surface area (Å²) in [6.07, 6.45) is 1.92. The number of hydrogen-bond donors (Lipinski definition) is 1. The molecule has 0 atom stereocenters. The Kier molecular flexibility index (Phi) is 8.88. The second kappa shape index (κ2) is 11.6. The summed E-state index contributed by atoms with van der Waals surface area (Å²) in [5.74, 6) is -0.0811. The molecule has 1 saturated heterocycles. The molecule has 7 nitrogen and oxygen atoms in total. The topological polar surface area (TPSA) is 79.0 Å². The lowest BCUT2D eigenvalue weighted by Gasteiger charge is -2.26. The van der Waals surface area contributed by atoms with Crippen molar-refractivity contribution in [2.24, 2.45) is 0 Å². The Hall–Kier alpha value is -2.42. The Morgan fingerprint density at radius 2 is 1.73 bits per heavy atom. The lowest BCUT2D eigenvalue weighted by atomic mass is 10.1. The summed E-state index contributed by atoms with van der Waals surface area (Å²) in [7, 11) is -3.43. The van der Waals surface area contributed by atoms with Gasteiger partial charge >= 0.3 is 0 Å². The van der Waals surface area contributed by atoms with Crippen LogP contribution in [-0.4, -0.2) is 58.3 Å². The molecule has 0 unspecified atom stereocenters. The SMILES string of the molecule is Cc1cc(C)cc(N(CCCC(=O)NCc2cccc(CN3CCOCC3)c2)S(C)(=O)=O)c1. The number of morpholine rings is 1. The van der Waals surface area contributed by atoms with Gasteiger partial charge < -0.3 is 10.1 Å². The van der Waals surface area contributed by atoms with Crippen molar-refractivity contribution in [3.63, 3.8) is 0 Å². The molecule has 1 N–H and O–H groups in total. The molecule has 0 saturated carbocycles. The van der Waals surface area contributed by atoms with Gasteiger partial charge in [-0.25, -0.2) is 8.42 Å². The van der Waals surface area contributed by atoms with Gasteiger partial charge in [0.25, 0.3) is 0 Å². The fourth-order valence-corrected chi connectivity index (χ4v) is 5.06. The zero-order valence-corrected chi connectivity index (χ0v) is 20.7. The van der Waals surface area contributed by atoms with E-state index in [1.807, 2.05) is 44.2 Å². The molecule has 1 aliphatic rings. The molecule has 33 heavy (non-hydrogen) atoms. The van der Waals surface area contributed by atoms with Crippen LogP contribution in [0.25, 0.3) is 0 Å². The lowest BCUT2D eigenvalue weighted by Crippen LogP contribution is -2.35. The van der Waals surface area contributed by atoms with Crippen molar-refractivity contribution in [3.05, 3.63) is 64.7 Å². The van der Waals surface area contributed by atoms with Crippen molar-refractivity contribution in [1.29, 1.82) is 0 Å². The van der Waals surface area contributed by atoms with Crippen molar-refractivity contribution in [1.82, 2.24) is 10.2 Å². The average Bonchev–Trinajstić information content (AvgIpc) is 2.75. The van der Waals surface area contributed by atoms with E-state index in [4.69, 9.17) is 4.74 Å². The number of carbonyl (C=O) groups is 1. The van der Waals surface area contributed by atoms with Crippen LogP contribution in [0.15, 0.2) is 42.5 Å². The maximum absolute atomic E-state index is 12.4. The number of sulfonamides is 1. The summed E-state index contributed by atoms with van der Waals surface area (Å²) in [5, 5.41) is 2.96. The van der Waals surface area contributed by atoms with Gasteiger partial charge in [0.2, 0.25) is 15.9 Å². The van der Waals surface area contributed by atoms with Gasteiger partial charge in [0.15, 0.2) is 0 Å². The Morgan fingerprint density at radius 1 is 1.06 bits per heavy atom. The van der Waals surface area contributed by atoms with E-state index >= 15 is 0 Å². The van der Waals surface area contributed by atoms with E-state index in [-0.39, 0.29) is 18.9 Å². The van der Waals surface area contributed by atoms with E-state index in [1.54, 1.807) is 0 Å². The molecule has 0 aromatic heterocycles. The Labute approximate surface area is 197 Å². The summed E-state index contributed by atoms with van der Waals surface area (Å²) < 4.78 is 31.4. The minimum atomic E-state index is -3.43. The number of ether oxygens (including phenoxy) is 1. The zero-order valence-electron chi connectivity index (χ0n) is 19.8. The van der Waals surface area contributed by atoms with E-state index < -0.39 is 10.0 Å². The third-order valence-corrected chi connectivity index (χ3v) is 6.84. The number of nitrogens with one attached hydrogen (secondary N) is 1. The largest absolute Gasteiger partial charge is 0.379 e. The Morgan fingerprint density at radius 3 is 2.39 bits per heavy atom. The van der Waals surface area contributed by atoms with E-state index in [0.29, 0.717) is 18.7 Å². The van der Waals surface area contributed by atoms with E-state index in [9.17, 15) is 13.2 Å². The number of carbonyl (C=O) groups excluding carboxylic acids is 1. The number of hydrogen-bond acceptors (Lipinski definition) is 5. The molecule has 2 aromatic carbocycles. The summed E-state index contributed by atoms with van der Waals surface area (Å²) in [4.78, 5) is 14.8. The third kappa shape index (κ3) is 8.14. The summed E-state index contributed by atoms with van der Waals surface area (Å²) in [6, 6.07) is 14.0. The highest BCUT2D eigenvalue weighted by atomic mass is 32.2. The summed E-state index contributed by atoms with van der Waals surface area (Å²) in [5.41, 5.74) is 4.94. The molecule has 1 amide bonds. The summed E-state index contributed by atoms with van der Waals surface area (Å²) in [6.45, 7) is 8.92. The third-order valence-electron chi connectivity index (χ3n) is 5.65. The van der Waals surface area contributed by atoms with Gasteiger partial charge in [0, 0.05) is 39.1 Å². The second-order valence-corrected chi connectivity index (χ2v) is 10.7. The normalized spacial score (nSPS) is 14.8. The number of aryl methyl sites for hydroxylation is 2. The van der Waals surface area contributed by atoms with Crippen molar-refractivity contribution in [2.45, 2.75) is 39.8 Å². The maximum atomic E-state index is 12.4. The number of benzene rings is 2. The number of nitrogens with zero attached hydrogens (tertiary/aromatic N) is 2. The van der Waals surface area contributed by atoms with Crippen LogP contribution in [0.1, 0.15) is 35.1 Å². The van der Waals surface area contributed by atoms with Crippen molar-refractivity contribution < 1.29 is 17.9 Å². The molecular formula is C25H35N3O4S. The van der Waals surface area contributed by atoms with Gasteiger partial charge in [0.05, 0.1) is 25.2 Å². The Bertz CT molecular complexity index is 1030. The average molecular weight is 474 g/mol. The molecule has 1 heterocycles. The van der Waals surface area contributed by atoms with E-state index in [2.05, 4.69) is 22.3 Å². The smallest absolute Gasteiger partial charge is 0.232 e.